The largest absolute Gasteiger partial charge is 0.482 e. The van der Waals surface area contributed by atoms with Crippen LogP contribution in [0.3, 0.4) is 0 Å². The number of aliphatic hydroxyl groups is 2. The Hall–Kier alpha value is -3.85. The molecule has 1 aromatic carbocycles. The van der Waals surface area contributed by atoms with Crippen molar-refractivity contribution in [3.8, 4) is 23.1 Å². The van der Waals surface area contributed by atoms with Gasteiger partial charge in [-0.3, -0.25) is 4.98 Å². The maximum absolute atomic E-state index is 18.3. The van der Waals surface area contributed by atoms with Crippen LogP contribution in [0.2, 0.25) is 15.6 Å². The van der Waals surface area contributed by atoms with Crippen LogP contribution in [0.1, 0.15) is 109 Å². The van der Waals surface area contributed by atoms with E-state index < -0.39 is 76.1 Å². The lowest BCUT2D eigenvalue weighted by Gasteiger charge is -2.69. The predicted octanol–water partition coefficient (Wildman–Crippen LogP) is 8.30. The van der Waals surface area contributed by atoms with Crippen molar-refractivity contribution in [1.29, 1.82) is 5.26 Å². The number of esters is 1. The van der Waals surface area contributed by atoms with Crippen molar-refractivity contribution >= 4 is 14.4 Å². The average Bonchev–Trinajstić information content (AvgIpc) is 3.07. The molecule has 2 saturated carbocycles. The smallest absolute Gasteiger partial charge is 0.345 e. The fourth-order valence-corrected chi connectivity index (χ4v) is 17.0. The summed E-state index contributed by atoms with van der Waals surface area (Å²) in [6.07, 6.45) is 1.96. The second-order valence-corrected chi connectivity index (χ2v) is 23.1. The number of ether oxygens (including phenoxy) is 2. The topological polar surface area (TPSA) is 143 Å². The van der Waals surface area contributed by atoms with Crippen molar-refractivity contribution in [3.63, 3.8) is 0 Å². The Kier molecular flexibility index (Phi) is 9.21. The lowest BCUT2D eigenvalue weighted by molar-refractivity contribution is -0.249. The van der Waals surface area contributed by atoms with Gasteiger partial charge in [0.2, 0.25) is 0 Å². The molecule has 1 aliphatic heterocycles. The quantitative estimate of drug-likeness (QED) is 0.151. The molecule has 52 heavy (non-hydrogen) atoms. The van der Waals surface area contributed by atoms with Crippen LogP contribution in [0.4, 0.5) is 4.11 Å². The molecule has 2 fully saturated rings. The molecule has 11 heteroatoms. The number of nitriles is 1. The van der Waals surface area contributed by atoms with Crippen molar-refractivity contribution < 1.29 is 33.0 Å². The first-order valence-corrected chi connectivity index (χ1v) is 20.1. The first kappa shape index (κ1) is 37.9. The molecule has 3 heterocycles. The van der Waals surface area contributed by atoms with E-state index in [2.05, 4.69) is 11.1 Å². The molecule has 2 aliphatic carbocycles. The fraction of sp³-hybridized carbons (Fsp3) is 0.561. The summed E-state index contributed by atoms with van der Waals surface area (Å²) in [5.74, 6) is -1.59. The summed E-state index contributed by atoms with van der Waals surface area (Å²) in [5, 5.41) is 31.9. The zero-order valence-corrected chi connectivity index (χ0v) is 32.6. The minimum absolute atomic E-state index is 0.0272. The fourth-order valence-electron chi connectivity index (χ4n) is 10.9. The standard InChI is InChI=1S/C41H51FN2O7Si/c1-37(2,3)52(42,38(4,5)6)31-16-17-39(7)29(40(31,8)23-45)20-30(50-35(47)25-14-12-24(21-43)13-15-25)41(9)34(39)33(46)32-28(51-41)19-27(49-36(32)48)26-11-10-18-44-22-26/h10-15,18-19,22,29-31,33-34,45-46H,16-17,20,23H2,1-9H3/t29-,30+,31+,33+,34-,39+,40+,41-/m1/s1. The number of benzene rings is 1. The Labute approximate surface area is 306 Å². The second kappa shape index (κ2) is 12.6. The van der Waals surface area contributed by atoms with Gasteiger partial charge in [0, 0.05) is 36.5 Å². The Morgan fingerprint density at radius 3 is 2.33 bits per heavy atom. The molecular formula is C41H51FN2O7Si. The van der Waals surface area contributed by atoms with Crippen molar-refractivity contribution in [1.82, 2.24) is 4.98 Å². The zero-order valence-electron chi connectivity index (χ0n) is 31.6. The highest BCUT2D eigenvalue weighted by Crippen LogP contribution is 2.74. The van der Waals surface area contributed by atoms with Gasteiger partial charge >= 0.3 is 11.6 Å². The van der Waals surface area contributed by atoms with Crippen molar-refractivity contribution in [2.24, 2.45) is 22.7 Å². The summed E-state index contributed by atoms with van der Waals surface area (Å²) in [7, 11) is -3.78. The average molecular weight is 731 g/mol. The lowest BCUT2D eigenvalue weighted by atomic mass is 9.43. The Balaban J connectivity index is 1.53. The molecule has 3 aromatic rings. The number of carbonyl (C=O) groups excluding carboxylic acids is 1. The summed E-state index contributed by atoms with van der Waals surface area (Å²) in [6, 6.07) is 13.2. The number of hydrogen-bond acceptors (Lipinski definition) is 9. The number of aromatic nitrogens is 1. The Bertz CT molecular complexity index is 1930. The van der Waals surface area contributed by atoms with Crippen LogP contribution in [-0.4, -0.2) is 47.9 Å². The number of fused-ring (bicyclic) bond motifs is 4. The third-order valence-electron chi connectivity index (χ3n) is 13.1. The molecule has 0 bridgehead atoms. The van der Waals surface area contributed by atoms with Crippen LogP contribution in [0.25, 0.3) is 11.3 Å². The van der Waals surface area contributed by atoms with Crippen LogP contribution in [0, 0.1) is 34.0 Å². The monoisotopic (exact) mass is 730 g/mol. The summed E-state index contributed by atoms with van der Waals surface area (Å²) < 4.78 is 37.3. The van der Waals surface area contributed by atoms with Gasteiger partial charge in [0.25, 0.3) is 8.41 Å². The molecule has 0 spiro atoms. The maximum Gasteiger partial charge on any atom is 0.345 e. The maximum atomic E-state index is 18.3. The van der Waals surface area contributed by atoms with Crippen molar-refractivity contribution in [3.05, 3.63) is 82.0 Å². The van der Waals surface area contributed by atoms with E-state index in [0.29, 0.717) is 24.0 Å². The third-order valence-corrected chi connectivity index (χ3v) is 19.4. The summed E-state index contributed by atoms with van der Waals surface area (Å²) in [5.41, 5.74) is -3.23. The number of rotatable bonds is 5. The number of hydrogen-bond donors (Lipinski definition) is 2. The van der Waals surface area contributed by atoms with E-state index in [4.69, 9.17) is 13.9 Å². The Morgan fingerprint density at radius 1 is 1.12 bits per heavy atom. The van der Waals surface area contributed by atoms with E-state index in [-0.39, 0.29) is 35.7 Å². The van der Waals surface area contributed by atoms with Gasteiger partial charge in [-0.05, 0) is 95.0 Å². The number of carbonyl (C=O) groups is 1. The molecule has 2 N–H and O–H groups in total. The molecule has 0 unspecified atom stereocenters. The van der Waals surface area contributed by atoms with Gasteiger partial charge in [0.1, 0.15) is 28.8 Å². The molecule has 0 radical (unpaired) electrons. The number of halogens is 1. The molecule has 6 rings (SSSR count). The van der Waals surface area contributed by atoms with Crippen LogP contribution in [0.15, 0.2) is 64.1 Å². The van der Waals surface area contributed by atoms with Crippen LogP contribution in [-0.2, 0) is 4.74 Å². The molecule has 2 aromatic heterocycles. The predicted molar refractivity (Wildman–Crippen MR) is 197 cm³/mol. The van der Waals surface area contributed by atoms with E-state index in [1.165, 1.54) is 24.3 Å². The number of aliphatic hydroxyl groups excluding tert-OH is 2. The number of nitrogens with zero attached hydrogens (tertiary/aromatic N) is 2. The molecule has 0 amide bonds. The first-order chi connectivity index (χ1) is 24.2. The van der Waals surface area contributed by atoms with Gasteiger partial charge in [0.05, 0.1) is 23.3 Å². The highest BCUT2D eigenvalue weighted by molar-refractivity contribution is 6.80. The van der Waals surface area contributed by atoms with Crippen LogP contribution < -0.4 is 10.4 Å². The van der Waals surface area contributed by atoms with E-state index in [9.17, 15) is 25.1 Å². The molecular weight excluding hydrogens is 680 g/mol. The van der Waals surface area contributed by atoms with Crippen molar-refractivity contribution in [2.75, 3.05) is 6.61 Å². The van der Waals surface area contributed by atoms with Gasteiger partial charge < -0.3 is 28.2 Å². The highest BCUT2D eigenvalue weighted by atomic mass is 28.4. The SMILES string of the molecule is CC(C)(C)[Si](F)([C@H]1CC[C@@]2(C)[C@@H](C[C@H](OC(=O)c3ccc(C#N)cc3)[C@@]3(C)Oc4cc(-c5cccnc5)oc(=O)c4[C@H](O)[C@H]23)[C@]1(C)CO)C(C)(C)C. The highest BCUT2D eigenvalue weighted by Gasteiger charge is 2.74. The summed E-state index contributed by atoms with van der Waals surface area (Å²) in [6.45, 7) is 17.3. The minimum atomic E-state index is -3.78. The van der Waals surface area contributed by atoms with E-state index in [1.807, 2.05) is 55.4 Å². The van der Waals surface area contributed by atoms with E-state index in [0.717, 1.165) is 0 Å². The Morgan fingerprint density at radius 2 is 1.77 bits per heavy atom. The zero-order chi connectivity index (χ0) is 38.2. The second-order valence-electron chi connectivity index (χ2n) is 18.0. The van der Waals surface area contributed by atoms with E-state index >= 15 is 4.11 Å². The third kappa shape index (κ3) is 5.55. The van der Waals surface area contributed by atoms with Gasteiger partial charge in [-0.1, -0.05) is 55.4 Å². The van der Waals surface area contributed by atoms with Gasteiger partial charge in [-0.25, -0.2) is 9.59 Å². The van der Waals surface area contributed by atoms with E-state index in [1.54, 1.807) is 37.5 Å². The normalized spacial score (nSPS) is 31.6. The lowest BCUT2D eigenvalue weighted by Crippen LogP contribution is -2.72. The molecule has 3 aliphatic rings. The van der Waals surface area contributed by atoms with Gasteiger partial charge in [0.15, 0.2) is 0 Å². The summed E-state index contributed by atoms with van der Waals surface area (Å²) >= 11 is 0. The van der Waals surface area contributed by atoms with Crippen LogP contribution >= 0.6 is 0 Å². The molecule has 278 valence electrons. The van der Waals surface area contributed by atoms with Gasteiger partial charge in [-0.15, -0.1) is 0 Å². The summed E-state index contributed by atoms with van der Waals surface area (Å²) in [4.78, 5) is 31.8. The first-order valence-electron chi connectivity index (χ1n) is 18.1. The van der Waals surface area contributed by atoms with Crippen LogP contribution in [0.5, 0.6) is 5.75 Å². The molecule has 8 atom stereocenters. The number of pyridine rings is 1. The molecule has 0 saturated heterocycles. The van der Waals surface area contributed by atoms with Gasteiger partial charge in [-0.2, -0.15) is 5.26 Å². The van der Waals surface area contributed by atoms with Crippen molar-refractivity contribution in [2.45, 2.75) is 115 Å². The molecule has 9 nitrogen and oxygen atoms in total. The minimum Gasteiger partial charge on any atom is -0.482 e.